The molecule has 1 aliphatic heterocycles. The molecule has 0 spiro atoms. The SMILES string of the molecule is CCOC(=O)c1ccccc1NNC(=O)[C@@H]1CCCN1C(=O)NC1CC1. The maximum Gasteiger partial charge on any atom is 0.340 e. The van der Waals surface area contributed by atoms with Crippen LogP contribution in [-0.4, -0.2) is 48.0 Å². The third-order valence-corrected chi connectivity index (χ3v) is 4.46. The van der Waals surface area contributed by atoms with Gasteiger partial charge >= 0.3 is 12.0 Å². The molecule has 3 N–H and O–H groups in total. The van der Waals surface area contributed by atoms with Crippen molar-refractivity contribution in [3.8, 4) is 0 Å². The minimum atomic E-state index is -0.518. The molecule has 26 heavy (non-hydrogen) atoms. The monoisotopic (exact) mass is 360 g/mol. The van der Waals surface area contributed by atoms with Crippen molar-refractivity contribution in [2.24, 2.45) is 0 Å². The zero-order chi connectivity index (χ0) is 18.5. The number of anilines is 1. The lowest BCUT2D eigenvalue weighted by Gasteiger charge is -2.24. The number of rotatable bonds is 6. The lowest BCUT2D eigenvalue weighted by molar-refractivity contribution is -0.124. The molecule has 3 amide bonds. The van der Waals surface area contributed by atoms with Gasteiger partial charge in [0.2, 0.25) is 0 Å². The van der Waals surface area contributed by atoms with E-state index in [9.17, 15) is 14.4 Å². The van der Waals surface area contributed by atoms with Crippen LogP contribution in [0.15, 0.2) is 24.3 Å². The minimum absolute atomic E-state index is 0.183. The van der Waals surface area contributed by atoms with Crippen LogP contribution in [0.2, 0.25) is 0 Å². The normalized spacial score (nSPS) is 19.0. The molecule has 140 valence electrons. The first-order valence-corrected chi connectivity index (χ1v) is 8.99. The number of amides is 3. The molecule has 8 heteroatoms. The van der Waals surface area contributed by atoms with Crippen LogP contribution in [0.3, 0.4) is 0 Å². The Hall–Kier alpha value is -2.77. The highest BCUT2D eigenvalue weighted by atomic mass is 16.5. The highest BCUT2D eigenvalue weighted by molar-refractivity contribution is 5.96. The Morgan fingerprint density at radius 3 is 2.69 bits per heavy atom. The predicted molar refractivity (Wildman–Crippen MR) is 95.4 cm³/mol. The van der Waals surface area contributed by atoms with Crippen molar-refractivity contribution in [1.29, 1.82) is 0 Å². The number of nitrogens with zero attached hydrogens (tertiary/aromatic N) is 1. The highest BCUT2D eigenvalue weighted by Gasteiger charge is 2.36. The van der Waals surface area contributed by atoms with E-state index in [0.29, 0.717) is 24.2 Å². The van der Waals surface area contributed by atoms with E-state index in [2.05, 4.69) is 16.2 Å². The van der Waals surface area contributed by atoms with Crippen LogP contribution in [-0.2, 0) is 9.53 Å². The summed E-state index contributed by atoms with van der Waals surface area (Å²) in [5.74, 6) is -0.761. The second-order valence-corrected chi connectivity index (χ2v) is 6.46. The quantitative estimate of drug-likeness (QED) is 0.529. The van der Waals surface area contributed by atoms with E-state index in [-0.39, 0.29) is 24.6 Å². The Kier molecular flexibility index (Phi) is 5.60. The third-order valence-electron chi connectivity index (χ3n) is 4.46. The van der Waals surface area contributed by atoms with Gasteiger partial charge in [-0.1, -0.05) is 12.1 Å². The van der Waals surface area contributed by atoms with E-state index in [4.69, 9.17) is 4.74 Å². The van der Waals surface area contributed by atoms with E-state index < -0.39 is 12.0 Å². The maximum absolute atomic E-state index is 12.5. The molecular formula is C18H24N4O4. The molecule has 0 unspecified atom stereocenters. The second-order valence-electron chi connectivity index (χ2n) is 6.46. The number of hydrogen-bond acceptors (Lipinski definition) is 5. The van der Waals surface area contributed by atoms with E-state index in [1.807, 2.05) is 0 Å². The Morgan fingerprint density at radius 2 is 1.96 bits per heavy atom. The number of hydrazine groups is 1. The Bertz CT molecular complexity index is 690. The van der Waals surface area contributed by atoms with Crippen LogP contribution in [0.5, 0.6) is 0 Å². The van der Waals surface area contributed by atoms with Crippen LogP contribution in [0.25, 0.3) is 0 Å². The van der Waals surface area contributed by atoms with E-state index in [1.54, 1.807) is 36.1 Å². The summed E-state index contributed by atoms with van der Waals surface area (Å²) in [7, 11) is 0. The Labute approximate surface area is 152 Å². The number of carbonyl (C=O) groups excluding carboxylic acids is 3. The molecule has 8 nitrogen and oxygen atoms in total. The van der Waals surface area contributed by atoms with Crippen molar-refractivity contribution >= 4 is 23.6 Å². The van der Waals surface area contributed by atoms with Crippen LogP contribution >= 0.6 is 0 Å². The molecule has 1 aromatic rings. The summed E-state index contributed by atoms with van der Waals surface area (Å²) in [6, 6.07) is 6.33. The van der Waals surface area contributed by atoms with Crippen molar-refractivity contribution in [2.75, 3.05) is 18.6 Å². The molecule has 3 rings (SSSR count). The number of para-hydroxylation sites is 1. The standard InChI is InChI=1S/C18H24N4O4/c1-2-26-17(24)13-6-3-4-7-14(13)20-21-16(23)15-8-5-11-22(15)18(25)19-12-9-10-12/h3-4,6-7,12,15,20H,2,5,8-11H2,1H3,(H,19,25)(H,21,23)/t15-/m0/s1. The molecule has 1 atom stereocenters. The van der Waals surface area contributed by atoms with E-state index >= 15 is 0 Å². The number of ether oxygens (including phenoxy) is 1. The van der Waals surface area contributed by atoms with Crippen LogP contribution < -0.4 is 16.2 Å². The fraction of sp³-hybridized carbons (Fsp3) is 0.500. The topological polar surface area (TPSA) is 99.8 Å². The van der Waals surface area contributed by atoms with Gasteiger partial charge in [0.25, 0.3) is 5.91 Å². The summed E-state index contributed by atoms with van der Waals surface area (Å²) in [6.07, 6.45) is 3.41. The fourth-order valence-corrected chi connectivity index (χ4v) is 2.96. The second kappa shape index (κ2) is 8.07. The minimum Gasteiger partial charge on any atom is -0.462 e. The van der Waals surface area contributed by atoms with Gasteiger partial charge < -0.3 is 15.0 Å². The summed E-state index contributed by atoms with van der Waals surface area (Å²) >= 11 is 0. The molecule has 1 saturated carbocycles. The predicted octanol–water partition coefficient (Wildman–Crippen LogP) is 1.64. The van der Waals surface area contributed by atoms with Gasteiger partial charge in [-0.2, -0.15) is 0 Å². The van der Waals surface area contributed by atoms with Gasteiger partial charge in [0, 0.05) is 12.6 Å². The van der Waals surface area contributed by atoms with Gasteiger partial charge in [0.1, 0.15) is 6.04 Å². The van der Waals surface area contributed by atoms with E-state index in [0.717, 1.165) is 19.3 Å². The largest absolute Gasteiger partial charge is 0.462 e. The maximum atomic E-state index is 12.5. The van der Waals surface area contributed by atoms with Gasteiger partial charge in [-0.05, 0) is 44.7 Å². The highest BCUT2D eigenvalue weighted by Crippen LogP contribution is 2.22. The average molecular weight is 360 g/mol. The summed E-state index contributed by atoms with van der Waals surface area (Å²) in [4.78, 5) is 38.3. The van der Waals surface area contributed by atoms with Gasteiger partial charge in [-0.15, -0.1) is 0 Å². The van der Waals surface area contributed by atoms with Crippen molar-refractivity contribution in [1.82, 2.24) is 15.6 Å². The fourth-order valence-electron chi connectivity index (χ4n) is 2.96. The molecule has 1 saturated heterocycles. The molecule has 0 bridgehead atoms. The lowest BCUT2D eigenvalue weighted by atomic mass is 10.2. The molecule has 2 aliphatic rings. The van der Waals surface area contributed by atoms with Gasteiger partial charge in [0.15, 0.2) is 0 Å². The zero-order valence-corrected chi connectivity index (χ0v) is 14.8. The number of benzene rings is 1. The summed E-state index contributed by atoms with van der Waals surface area (Å²) in [5.41, 5.74) is 6.18. The molecule has 0 aromatic heterocycles. The third kappa shape index (κ3) is 4.25. The van der Waals surface area contributed by atoms with E-state index in [1.165, 1.54) is 0 Å². The summed E-state index contributed by atoms with van der Waals surface area (Å²) < 4.78 is 5.01. The van der Waals surface area contributed by atoms with Crippen LogP contribution in [0, 0.1) is 0 Å². The van der Waals surface area contributed by atoms with Crippen molar-refractivity contribution in [3.05, 3.63) is 29.8 Å². The van der Waals surface area contributed by atoms with Crippen LogP contribution in [0.1, 0.15) is 43.0 Å². The summed E-state index contributed by atoms with van der Waals surface area (Å²) in [5, 5.41) is 2.92. The van der Waals surface area contributed by atoms with Gasteiger partial charge in [0.05, 0.1) is 17.9 Å². The van der Waals surface area contributed by atoms with Crippen molar-refractivity contribution in [2.45, 2.75) is 44.7 Å². The number of likely N-dealkylation sites (tertiary alicyclic amines) is 1. The molecule has 1 heterocycles. The van der Waals surface area contributed by atoms with Crippen molar-refractivity contribution in [3.63, 3.8) is 0 Å². The first kappa shape index (κ1) is 18.0. The molecular weight excluding hydrogens is 336 g/mol. The molecule has 1 aliphatic carbocycles. The van der Waals surface area contributed by atoms with Gasteiger partial charge in [-0.25, -0.2) is 9.59 Å². The number of hydrogen-bond donors (Lipinski definition) is 3. The first-order valence-electron chi connectivity index (χ1n) is 8.99. The Balaban J connectivity index is 1.60. The lowest BCUT2D eigenvalue weighted by Crippen LogP contribution is -2.51. The number of esters is 1. The van der Waals surface area contributed by atoms with Crippen molar-refractivity contribution < 1.29 is 19.1 Å². The van der Waals surface area contributed by atoms with Gasteiger partial charge in [-0.3, -0.25) is 15.6 Å². The molecule has 0 radical (unpaired) electrons. The smallest absolute Gasteiger partial charge is 0.340 e. The Morgan fingerprint density at radius 1 is 1.19 bits per heavy atom. The molecule has 1 aromatic carbocycles. The average Bonchev–Trinajstić information content (AvgIpc) is 3.31. The van der Waals surface area contributed by atoms with Crippen LogP contribution in [0.4, 0.5) is 10.5 Å². The molecule has 2 fully saturated rings. The number of carbonyl (C=O) groups is 3. The number of nitrogens with one attached hydrogen (secondary N) is 3. The summed E-state index contributed by atoms with van der Waals surface area (Å²) in [6.45, 7) is 2.57. The zero-order valence-electron chi connectivity index (χ0n) is 14.8. The number of urea groups is 1. The first-order chi connectivity index (χ1) is 12.6.